The Kier molecular flexibility index (Phi) is 2.57. The van der Waals surface area contributed by atoms with Gasteiger partial charge in [-0.15, -0.1) is 0 Å². The lowest BCUT2D eigenvalue weighted by Crippen LogP contribution is -2.37. The summed E-state index contributed by atoms with van der Waals surface area (Å²) in [5.41, 5.74) is 2.81. The molecule has 3 rings (SSSR count). The molecule has 2 aromatic heterocycles. The van der Waals surface area contributed by atoms with Gasteiger partial charge in [-0.25, -0.2) is 4.98 Å². The first kappa shape index (κ1) is 11.9. The summed E-state index contributed by atoms with van der Waals surface area (Å²) >= 11 is 5.47. The summed E-state index contributed by atoms with van der Waals surface area (Å²) in [7, 11) is 0. The van der Waals surface area contributed by atoms with Gasteiger partial charge in [0.05, 0.1) is 17.2 Å². The van der Waals surface area contributed by atoms with Crippen LogP contribution in [0.2, 0.25) is 0 Å². The van der Waals surface area contributed by atoms with Crippen LogP contribution >= 0.6 is 12.2 Å². The molecule has 1 saturated heterocycles. The first-order valence-electron chi connectivity index (χ1n) is 6.23. The van der Waals surface area contributed by atoms with Crippen LogP contribution in [0.25, 0.3) is 11.2 Å². The molecule has 1 aliphatic heterocycles. The lowest BCUT2D eigenvalue weighted by atomic mass is 9.94. The van der Waals surface area contributed by atoms with Crippen molar-refractivity contribution in [2.24, 2.45) is 0 Å². The molecule has 0 aliphatic carbocycles. The van der Waals surface area contributed by atoms with Gasteiger partial charge in [-0.3, -0.25) is 4.57 Å². The molecule has 2 unspecified atom stereocenters. The quantitative estimate of drug-likeness (QED) is 0.804. The molecule has 18 heavy (non-hydrogen) atoms. The van der Waals surface area contributed by atoms with E-state index in [0.717, 1.165) is 34.7 Å². The topological polar surface area (TPSA) is 42.8 Å². The highest BCUT2D eigenvalue weighted by molar-refractivity contribution is 7.71. The normalized spacial score (nSPS) is 28.1. The van der Waals surface area contributed by atoms with E-state index in [4.69, 9.17) is 17.0 Å². The van der Waals surface area contributed by atoms with E-state index in [1.54, 1.807) is 0 Å². The maximum atomic E-state index is 5.72. The van der Waals surface area contributed by atoms with E-state index >= 15 is 0 Å². The van der Waals surface area contributed by atoms with E-state index in [2.05, 4.69) is 28.4 Å². The highest BCUT2D eigenvalue weighted by Gasteiger charge is 2.40. The number of hydrogen-bond donors (Lipinski definition) is 1. The number of aromatic amines is 1. The van der Waals surface area contributed by atoms with Crippen molar-refractivity contribution in [1.29, 1.82) is 0 Å². The average Bonchev–Trinajstić information content (AvgIpc) is 2.80. The summed E-state index contributed by atoms with van der Waals surface area (Å²) in [4.78, 5) is 7.87. The molecular weight excluding hydrogens is 246 g/mol. The minimum Gasteiger partial charge on any atom is -0.376 e. The van der Waals surface area contributed by atoms with Gasteiger partial charge >= 0.3 is 0 Å². The van der Waals surface area contributed by atoms with Gasteiger partial charge in [0, 0.05) is 12.3 Å². The third kappa shape index (κ3) is 1.54. The van der Waals surface area contributed by atoms with Crippen LogP contribution in [-0.2, 0) is 10.3 Å². The van der Waals surface area contributed by atoms with Crippen molar-refractivity contribution in [3.63, 3.8) is 0 Å². The lowest BCUT2D eigenvalue weighted by Gasteiger charge is -2.29. The fraction of sp³-hybridized carbons (Fsp3) is 0.538. The van der Waals surface area contributed by atoms with Crippen molar-refractivity contribution in [3.8, 4) is 0 Å². The Morgan fingerprint density at radius 1 is 1.56 bits per heavy atom. The molecule has 96 valence electrons. The van der Waals surface area contributed by atoms with Crippen LogP contribution in [0.1, 0.15) is 26.0 Å². The second-order valence-electron chi connectivity index (χ2n) is 5.21. The Labute approximate surface area is 111 Å². The largest absolute Gasteiger partial charge is 0.376 e. The van der Waals surface area contributed by atoms with Crippen LogP contribution in [0.4, 0.5) is 0 Å². The number of pyridine rings is 1. The molecule has 2 aromatic rings. The zero-order valence-electron chi connectivity index (χ0n) is 10.9. The molecule has 0 bridgehead atoms. The molecule has 1 N–H and O–H groups in total. The van der Waals surface area contributed by atoms with Crippen LogP contribution in [0.5, 0.6) is 0 Å². The van der Waals surface area contributed by atoms with E-state index in [0.29, 0.717) is 0 Å². The summed E-state index contributed by atoms with van der Waals surface area (Å²) in [6, 6.07) is 4.03. The van der Waals surface area contributed by atoms with E-state index in [-0.39, 0.29) is 11.6 Å². The third-order valence-corrected chi connectivity index (χ3v) is 4.32. The highest BCUT2D eigenvalue weighted by atomic mass is 32.1. The molecule has 2 atom stereocenters. The number of ether oxygens (including phenoxy) is 1. The Hall–Kier alpha value is -1.20. The molecule has 0 spiro atoms. The molecule has 4 nitrogen and oxygen atoms in total. The van der Waals surface area contributed by atoms with Crippen molar-refractivity contribution in [2.75, 3.05) is 6.61 Å². The maximum absolute atomic E-state index is 5.72. The number of aromatic nitrogens is 3. The number of fused-ring (bicyclic) bond motifs is 1. The fourth-order valence-corrected chi connectivity index (χ4v) is 3.08. The van der Waals surface area contributed by atoms with Crippen molar-refractivity contribution in [3.05, 3.63) is 22.6 Å². The number of H-pyrrole nitrogens is 1. The van der Waals surface area contributed by atoms with Gasteiger partial charge < -0.3 is 9.72 Å². The zero-order valence-corrected chi connectivity index (χ0v) is 11.7. The van der Waals surface area contributed by atoms with Crippen molar-refractivity contribution >= 4 is 23.4 Å². The first-order valence-corrected chi connectivity index (χ1v) is 6.64. The molecule has 3 heterocycles. The third-order valence-electron chi connectivity index (χ3n) is 4.03. The molecular formula is C13H17N3OS. The van der Waals surface area contributed by atoms with Crippen LogP contribution in [0.3, 0.4) is 0 Å². The summed E-state index contributed by atoms with van der Waals surface area (Å²) in [5, 5.41) is 0. The van der Waals surface area contributed by atoms with Gasteiger partial charge in [-0.2, -0.15) is 0 Å². The smallest absolute Gasteiger partial charge is 0.179 e. The molecule has 0 amide bonds. The Morgan fingerprint density at radius 3 is 3.00 bits per heavy atom. The summed E-state index contributed by atoms with van der Waals surface area (Å²) in [6.07, 6.45) is 1.11. The number of nitrogens with one attached hydrogen (secondary N) is 1. The predicted octanol–water partition coefficient (Wildman–Crippen LogP) is 2.93. The molecule has 0 aromatic carbocycles. The van der Waals surface area contributed by atoms with Gasteiger partial charge in [-0.1, -0.05) is 0 Å². The Morgan fingerprint density at radius 2 is 2.33 bits per heavy atom. The van der Waals surface area contributed by atoms with E-state index in [9.17, 15) is 0 Å². The minimum atomic E-state index is -0.115. The maximum Gasteiger partial charge on any atom is 0.179 e. The van der Waals surface area contributed by atoms with Gasteiger partial charge in [0.15, 0.2) is 10.4 Å². The van der Waals surface area contributed by atoms with Gasteiger partial charge in [0.2, 0.25) is 0 Å². The number of hydrogen-bond acceptors (Lipinski definition) is 3. The van der Waals surface area contributed by atoms with Crippen molar-refractivity contribution < 1.29 is 4.74 Å². The molecule has 0 radical (unpaired) electrons. The van der Waals surface area contributed by atoms with E-state index < -0.39 is 0 Å². The van der Waals surface area contributed by atoms with Gasteiger partial charge in [0.25, 0.3) is 0 Å². The van der Waals surface area contributed by atoms with E-state index in [1.165, 1.54) is 0 Å². The average molecular weight is 263 g/mol. The Balaban J connectivity index is 2.31. The van der Waals surface area contributed by atoms with Crippen LogP contribution in [-0.4, -0.2) is 27.2 Å². The molecule has 1 fully saturated rings. The Bertz CT molecular complexity index is 660. The number of imidazole rings is 1. The SMILES string of the molecule is Cc1ccc2[nH]c(=S)n(C3(C)CCOC3C)c2n1. The predicted molar refractivity (Wildman–Crippen MR) is 73.3 cm³/mol. The van der Waals surface area contributed by atoms with Crippen LogP contribution in [0, 0.1) is 11.7 Å². The second kappa shape index (κ2) is 3.90. The first-order chi connectivity index (χ1) is 8.52. The van der Waals surface area contributed by atoms with Crippen LogP contribution in [0.15, 0.2) is 12.1 Å². The number of aryl methyl sites for hydroxylation is 1. The number of nitrogens with zero attached hydrogens (tertiary/aromatic N) is 2. The summed E-state index contributed by atoms with van der Waals surface area (Å²) in [5.74, 6) is 0. The van der Waals surface area contributed by atoms with Gasteiger partial charge in [-0.05, 0) is 51.5 Å². The standard InChI is InChI=1S/C13H17N3OS/c1-8-4-5-10-11(14-8)16(12(18)15-10)13(3)6-7-17-9(13)2/h4-5,9H,6-7H2,1-3H3,(H,15,18). The lowest BCUT2D eigenvalue weighted by molar-refractivity contribution is 0.0768. The molecule has 0 saturated carbocycles. The second-order valence-corrected chi connectivity index (χ2v) is 5.60. The van der Waals surface area contributed by atoms with Gasteiger partial charge in [0.1, 0.15) is 0 Å². The van der Waals surface area contributed by atoms with Crippen molar-refractivity contribution in [2.45, 2.75) is 38.8 Å². The summed E-state index contributed by atoms with van der Waals surface area (Å²) in [6.45, 7) is 7.07. The zero-order chi connectivity index (χ0) is 12.9. The minimum absolute atomic E-state index is 0.115. The van der Waals surface area contributed by atoms with E-state index in [1.807, 2.05) is 19.1 Å². The molecule has 1 aliphatic rings. The monoisotopic (exact) mass is 263 g/mol. The number of rotatable bonds is 1. The van der Waals surface area contributed by atoms with Crippen molar-refractivity contribution in [1.82, 2.24) is 14.5 Å². The fourth-order valence-electron chi connectivity index (χ4n) is 2.67. The van der Waals surface area contributed by atoms with Crippen LogP contribution < -0.4 is 0 Å². The molecule has 5 heteroatoms. The summed E-state index contributed by atoms with van der Waals surface area (Å²) < 4.78 is 8.57. The highest BCUT2D eigenvalue weighted by Crippen LogP contribution is 2.35.